The van der Waals surface area contributed by atoms with Crippen LogP contribution in [0.4, 0.5) is 0 Å². The molecule has 0 saturated heterocycles. The third-order valence-corrected chi connectivity index (χ3v) is 1.92. The second-order valence-electron chi connectivity index (χ2n) is 3.26. The number of hydrogen-bond acceptors (Lipinski definition) is 3. The Morgan fingerprint density at radius 1 is 1.55 bits per heavy atom. The van der Waals surface area contributed by atoms with Crippen molar-refractivity contribution in [1.82, 2.24) is 5.43 Å². The SMILES string of the molecule is CC(=O)C(C)CC(C)CNN. The predicted octanol–water partition coefficient (Wildman–Crippen LogP) is 0.701. The van der Waals surface area contributed by atoms with Crippen LogP contribution in [0.5, 0.6) is 0 Å². The molecule has 2 unspecified atom stereocenters. The quantitative estimate of drug-likeness (QED) is 0.457. The number of ketones is 1. The highest BCUT2D eigenvalue weighted by Crippen LogP contribution is 2.11. The van der Waals surface area contributed by atoms with Crippen molar-refractivity contribution in [3.8, 4) is 0 Å². The molecule has 0 aromatic carbocycles. The third-order valence-electron chi connectivity index (χ3n) is 1.92. The molecule has 0 fully saturated rings. The third kappa shape index (κ3) is 4.93. The summed E-state index contributed by atoms with van der Waals surface area (Å²) < 4.78 is 0. The lowest BCUT2D eigenvalue weighted by molar-refractivity contribution is -0.120. The summed E-state index contributed by atoms with van der Waals surface area (Å²) >= 11 is 0. The van der Waals surface area contributed by atoms with E-state index in [1.165, 1.54) is 0 Å². The Labute approximate surface area is 68.3 Å². The summed E-state index contributed by atoms with van der Waals surface area (Å²) in [4.78, 5) is 10.8. The summed E-state index contributed by atoms with van der Waals surface area (Å²) in [7, 11) is 0. The van der Waals surface area contributed by atoms with E-state index in [4.69, 9.17) is 5.84 Å². The van der Waals surface area contributed by atoms with Crippen LogP contribution in [0.2, 0.25) is 0 Å². The van der Waals surface area contributed by atoms with Crippen LogP contribution < -0.4 is 11.3 Å². The lowest BCUT2D eigenvalue weighted by Gasteiger charge is -2.13. The highest BCUT2D eigenvalue weighted by molar-refractivity contribution is 5.77. The van der Waals surface area contributed by atoms with Gasteiger partial charge in [0, 0.05) is 12.5 Å². The minimum absolute atomic E-state index is 0.165. The average Bonchev–Trinajstić information content (AvgIpc) is 1.87. The van der Waals surface area contributed by atoms with Crippen molar-refractivity contribution in [3.05, 3.63) is 0 Å². The van der Waals surface area contributed by atoms with Crippen molar-refractivity contribution in [3.63, 3.8) is 0 Å². The molecule has 0 aliphatic rings. The van der Waals surface area contributed by atoms with Crippen molar-refractivity contribution >= 4 is 5.78 Å². The molecule has 0 amide bonds. The van der Waals surface area contributed by atoms with Crippen molar-refractivity contribution in [2.45, 2.75) is 27.2 Å². The number of hydrazine groups is 1. The van der Waals surface area contributed by atoms with Gasteiger partial charge in [0.15, 0.2) is 0 Å². The van der Waals surface area contributed by atoms with E-state index in [0.717, 1.165) is 13.0 Å². The zero-order chi connectivity index (χ0) is 8.85. The number of carbonyl (C=O) groups is 1. The second kappa shape index (κ2) is 5.27. The van der Waals surface area contributed by atoms with Crippen LogP contribution in [0.3, 0.4) is 0 Å². The molecular formula is C8H18N2O. The summed E-state index contributed by atoms with van der Waals surface area (Å²) in [5.74, 6) is 6.04. The van der Waals surface area contributed by atoms with Crippen LogP contribution in [-0.4, -0.2) is 12.3 Å². The lowest BCUT2D eigenvalue weighted by atomic mass is 9.95. The number of nitrogens with two attached hydrogens (primary N) is 1. The van der Waals surface area contributed by atoms with Gasteiger partial charge in [0.25, 0.3) is 0 Å². The number of carbonyl (C=O) groups excluding carboxylic acids is 1. The molecule has 0 spiro atoms. The van der Waals surface area contributed by atoms with E-state index in [1.807, 2.05) is 6.92 Å². The van der Waals surface area contributed by atoms with Crippen molar-refractivity contribution in [1.29, 1.82) is 0 Å². The fraction of sp³-hybridized carbons (Fsp3) is 0.875. The molecule has 0 aliphatic heterocycles. The van der Waals surface area contributed by atoms with Crippen molar-refractivity contribution in [2.75, 3.05) is 6.54 Å². The monoisotopic (exact) mass is 158 g/mol. The van der Waals surface area contributed by atoms with E-state index < -0.39 is 0 Å². The van der Waals surface area contributed by atoms with Gasteiger partial charge in [-0.1, -0.05) is 13.8 Å². The molecule has 0 heterocycles. The van der Waals surface area contributed by atoms with Crippen LogP contribution in [0.1, 0.15) is 27.2 Å². The molecule has 3 nitrogen and oxygen atoms in total. The Morgan fingerprint density at radius 2 is 2.09 bits per heavy atom. The Balaban J connectivity index is 3.56. The molecule has 3 heteroatoms. The van der Waals surface area contributed by atoms with Crippen LogP contribution in [0.15, 0.2) is 0 Å². The Hall–Kier alpha value is -0.410. The predicted molar refractivity (Wildman–Crippen MR) is 45.8 cm³/mol. The molecule has 11 heavy (non-hydrogen) atoms. The van der Waals surface area contributed by atoms with Crippen LogP contribution >= 0.6 is 0 Å². The number of nitrogens with one attached hydrogen (secondary N) is 1. The molecule has 0 aliphatic carbocycles. The van der Waals surface area contributed by atoms with Gasteiger partial charge in [-0.3, -0.25) is 16.1 Å². The molecular weight excluding hydrogens is 140 g/mol. The molecule has 0 aromatic rings. The number of hydrogen-bond donors (Lipinski definition) is 2. The van der Waals surface area contributed by atoms with Gasteiger partial charge >= 0.3 is 0 Å². The molecule has 66 valence electrons. The van der Waals surface area contributed by atoms with Crippen LogP contribution in [-0.2, 0) is 4.79 Å². The van der Waals surface area contributed by atoms with E-state index in [1.54, 1.807) is 6.92 Å². The molecule has 0 radical (unpaired) electrons. The molecule has 3 N–H and O–H groups in total. The van der Waals surface area contributed by atoms with Crippen LogP contribution in [0, 0.1) is 11.8 Å². The van der Waals surface area contributed by atoms with Gasteiger partial charge < -0.3 is 0 Å². The zero-order valence-electron chi connectivity index (χ0n) is 7.55. The maximum absolute atomic E-state index is 10.8. The van der Waals surface area contributed by atoms with E-state index >= 15 is 0 Å². The first-order valence-electron chi connectivity index (χ1n) is 4.01. The smallest absolute Gasteiger partial charge is 0.132 e. The van der Waals surface area contributed by atoms with Crippen LogP contribution in [0.25, 0.3) is 0 Å². The molecule has 0 bridgehead atoms. The molecule has 2 atom stereocenters. The normalized spacial score (nSPS) is 16.0. The summed E-state index contributed by atoms with van der Waals surface area (Å²) in [6, 6.07) is 0. The summed E-state index contributed by atoms with van der Waals surface area (Å²) in [5, 5.41) is 0. The van der Waals surface area contributed by atoms with Gasteiger partial charge in [0.1, 0.15) is 5.78 Å². The highest BCUT2D eigenvalue weighted by Gasteiger charge is 2.11. The largest absolute Gasteiger partial charge is 0.300 e. The van der Waals surface area contributed by atoms with E-state index in [9.17, 15) is 4.79 Å². The Kier molecular flexibility index (Phi) is 5.07. The Morgan fingerprint density at radius 3 is 2.45 bits per heavy atom. The maximum Gasteiger partial charge on any atom is 0.132 e. The van der Waals surface area contributed by atoms with E-state index in [0.29, 0.717) is 5.92 Å². The van der Waals surface area contributed by atoms with E-state index in [2.05, 4.69) is 12.3 Å². The minimum Gasteiger partial charge on any atom is -0.300 e. The fourth-order valence-electron chi connectivity index (χ4n) is 1.05. The average molecular weight is 158 g/mol. The van der Waals surface area contributed by atoms with Gasteiger partial charge in [0.2, 0.25) is 0 Å². The maximum atomic E-state index is 10.8. The standard InChI is InChI=1S/C8H18N2O/c1-6(5-10-9)4-7(2)8(3)11/h6-7,10H,4-5,9H2,1-3H3. The lowest BCUT2D eigenvalue weighted by Crippen LogP contribution is -2.29. The van der Waals surface area contributed by atoms with Gasteiger partial charge in [-0.25, -0.2) is 0 Å². The number of Topliss-reactive ketones (excluding diaryl/α,β-unsaturated/α-hetero) is 1. The number of rotatable bonds is 5. The van der Waals surface area contributed by atoms with Crippen molar-refractivity contribution < 1.29 is 4.79 Å². The minimum atomic E-state index is 0.165. The molecule has 0 aromatic heterocycles. The second-order valence-corrected chi connectivity index (χ2v) is 3.26. The van der Waals surface area contributed by atoms with Gasteiger partial charge in [0.05, 0.1) is 0 Å². The summed E-state index contributed by atoms with van der Waals surface area (Å²) in [6.07, 6.45) is 0.916. The van der Waals surface area contributed by atoms with E-state index in [-0.39, 0.29) is 11.7 Å². The zero-order valence-corrected chi connectivity index (χ0v) is 7.55. The first-order valence-corrected chi connectivity index (χ1v) is 4.01. The molecule has 0 rings (SSSR count). The highest BCUT2D eigenvalue weighted by atomic mass is 16.1. The van der Waals surface area contributed by atoms with Crippen molar-refractivity contribution in [2.24, 2.45) is 17.7 Å². The van der Waals surface area contributed by atoms with Gasteiger partial charge in [-0.2, -0.15) is 0 Å². The van der Waals surface area contributed by atoms with Gasteiger partial charge in [-0.05, 0) is 19.3 Å². The Bertz CT molecular complexity index is 125. The molecule has 0 saturated carbocycles. The first kappa shape index (κ1) is 10.6. The summed E-state index contributed by atoms with van der Waals surface area (Å²) in [6.45, 7) is 6.44. The first-order chi connectivity index (χ1) is 5.07. The fourth-order valence-corrected chi connectivity index (χ4v) is 1.05. The summed E-state index contributed by atoms with van der Waals surface area (Å²) in [5.41, 5.74) is 2.60. The van der Waals surface area contributed by atoms with Gasteiger partial charge in [-0.15, -0.1) is 0 Å². The topological polar surface area (TPSA) is 55.1 Å².